The zero-order valence-electron chi connectivity index (χ0n) is 11.4. The van der Waals surface area contributed by atoms with Gasteiger partial charge in [0.2, 0.25) is 5.91 Å². The van der Waals surface area contributed by atoms with Crippen LogP contribution in [0.25, 0.3) is 0 Å². The number of hydrogen-bond acceptors (Lipinski definition) is 3. The number of fused-ring (bicyclic) bond motifs is 1. The zero-order valence-corrected chi connectivity index (χ0v) is 12.2. The van der Waals surface area contributed by atoms with Crippen LogP contribution >= 0.6 is 11.3 Å². The Morgan fingerprint density at radius 2 is 2.21 bits per heavy atom. The summed E-state index contributed by atoms with van der Waals surface area (Å²) >= 11 is 1.85. The monoisotopic (exact) mass is 278 g/mol. The van der Waals surface area contributed by atoms with Gasteiger partial charge in [-0.05, 0) is 36.3 Å². The number of nitrogens with zero attached hydrogens (tertiary/aromatic N) is 1. The quantitative estimate of drug-likeness (QED) is 0.921. The normalized spacial score (nSPS) is 21.1. The minimum Gasteiger partial charge on any atom is -0.352 e. The molecule has 0 spiro atoms. The van der Waals surface area contributed by atoms with Crippen LogP contribution in [0.5, 0.6) is 0 Å². The highest BCUT2D eigenvalue weighted by Crippen LogP contribution is 2.23. The molecular formula is C15H22N2OS. The minimum absolute atomic E-state index is 0.213. The molecule has 1 saturated carbocycles. The van der Waals surface area contributed by atoms with Gasteiger partial charge in [-0.2, -0.15) is 0 Å². The number of thiophene rings is 1. The summed E-state index contributed by atoms with van der Waals surface area (Å²) in [6.07, 6.45) is 7.31. The molecule has 1 N–H and O–H groups in total. The second-order valence-corrected chi connectivity index (χ2v) is 6.73. The van der Waals surface area contributed by atoms with Crippen LogP contribution < -0.4 is 5.32 Å². The molecule has 2 heterocycles. The van der Waals surface area contributed by atoms with Crippen LogP contribution in [0.2, 0.25) is 0 Å². The van der Waals surface area contributed by atoms with Crippen molar-refractivity contribution in [2.24, 2.45) is 0 Å². The molecule has 0 bridgehead atoms. The van der Waals surface area contributed by atoms with Crippen LogP contribution in [0.15, 0.2) is 11.4 Å². The number of carbonyl (C=O) groups is 1. The van der Waals surface area contributed by atoms with Gasteiger partial charge in [-0.1, -0.05) is 19.3 Å². The largest absolute Gasteiger partial charge is 0.352 e. The average molecular weight is 278 g/mol. The molecule has 19 heavy (non-hydrogen) atoms. The molecule has 1 aromatic heterocycles. The van der Waals surface area contributed by atoms with Crippen molar-refractivity contribution < 1.29 is 4.79 Å². The summed E-state index contributed by atoms with van der Waals surface area (Å²) in [7, 11) is 0. The highest BCUT2D eigenvalue weighted by atomic mass is 32.1. The Kier molecular flexibility index (Phi) is 4.18. The van der Waals surface area contributed by atoms with E-state index in [0.717, 1.165) is 19.5 Å². The Morgan fingerprint density at radius 3 is 3.05 bits per heavy atom. The maximum atomic E-state index is 12.1. The molecule has 3 rings (SSSR count). The van der Waals surface area contributed by atoms with Crippen LogP contribution in [0, 0.1) is 0 Å². The van der Waals surface area contributed by atoms with E-state index >= 15 is 0 Å². The summed E-state index contributed by atoms with van der Waals surface area (Å²) in [6, 6.07) is 2.63. The lowest BCUT2D eigenvalue weighted by atomic mass is 9.95. The third-order valence-electron chi connectivity index (χ3n) is 4.22. The van der Waals surface area contributed by atoms with Crippen molar-refractivity contribution >= 4 is 17.2 Å². The molecule has 2 aliphatic rings. The summed E-state index contributed by atoms with van der Waals surface area (Å²) in [6.45, 7) is 2.52. The van der Waals surface area contributed by atoms with Crippen LogP contribution in [0.4, 0.5) is 0 Å². The van der Waals surface area contributed by atoms with E-state index in [1.54, 1.807) is 0 Å². The van der Waals surface area contributed by atoms with Gasteiger partial charge in [0.1, 0.15) is 0 Å². The standard InChI is InChI=1S/C15H22N2OS/c18-15(16-13-4-2-1-3-5-13)11-17-8-6-14-12(10-17)7-9-19-14/h7,9,13H,1-6,8,10-11H2,(H,16,18). The van der Waals surface area contributed by atoms with Crippen LogP contribution in [0.1, 0.15) is 42.5 Å². The van der Waals surface area contributed by atoms with E-state index in [0.29, 0.717) is 12.6 Å². The van der Waals surface area contributed by atoms with Crippen LogP contribution in [-0.2, 0) is 17.8 Å². The molecule has 0 atom stereocenters. The molecular weight excluding hydrogens is 256 g/mol. The van der Waals surface area contributed by atoms with E-state index in [1.165, 1.54) is 42.5 Å². The highest BCUT2D eigenvalue weighted by molar-refractivity contribution is 7.10. The Morgan fingerprint density at radius 1 is 1.37 bits per heavy atom. The molecule has 1 aromatic rings. The lowest BCUT2D eigenvalue weighted by molar-refractivity contribution is -0.123. The smallest absolute Gasteiger partial charge is 0.234 e. The van der Waals surface area contributed by atoms with Gasteiger partial charge in [0.25, 0.3) is 0 Å². The summed E-state index contributed by atoms with van der Waals surface area (Å²) in [5, 5.41) is 5.37. The van der Waals surface area contributed by atoms with Gasteiger partial charge < -0.3 is 5.32 Å². The number of rotatable bonds is 3. The second kappa shape index (κ2) is 6.06. The molecule has 4 heteroatoms. The number of nitrogens with one attached hydrogen (secondary N) is 1. The lowest BCUT2D eigenvalue weighted by Gasteiger charge is -2.28. The molecule has 0 aromatic carbocycles. The number of carbonyl (C=O) groups excluding carboxylic acids is 1. The van der Waals surface area contributed by atoms with Crippen molar-refractivity contribution in [1.29, 1.82) is 0 Å². The van der Waals surface area contributed by atoms with Crippen molar-refractivity contribution in [1.82, 2.24) is 10.2 Å². The molecule has 3 nitrogen and oxygen atoms in total. The predicted octanol–water partition coefficient (Wildman–Crippen LogP) is 2.56. The van der Waals surface area contributed by atoms with Crippen molar-refractivity contribution in [3.05, 3.63) is 21.9 Å². The molecule has 1 fully saturated rings. The summed E-state index contributed by atoms with van der Waals surface area (Å²) in [4.78, 5) is 15.9. The van der Waals surface area contributed by atoms with Gasteiger partial charge in [-0.15, -0.1) is 11.3 Å². The first kappa shape index (κ1) is 13.1. The maximum absolute atomic E-state index is 12.1. The van der Waals surface area contributed by atoms with Gasteiger partial charge in [-0.25, -0.2) is 0 Å². The lowest BCUT2D eigenvalue weighted by Crippen LogP contribution is -2.44. The molecule has 0 radical (unpaired) electrons. The second-order valence-electron chi connectivity index (χ2n) is 5.73. The summed E-state index contributed by atoms with van der Waals surface area (Å²) in [5.41, 5.74) is 1.42. The number of hydrogen-bond donors (Lipinski definition) is 1. The van der Waals surface area contributed by atoms with Gasteiger partial charge in [0, 0.05) is 24.0 Å². The molecule has 0 saturated heterocycles. The van der Waals surface area contributed by atoms with E-state index < -0.39 is 0 Å². The fourth-order valence-electron chi connectivity index (χ4n) is 3.17. The van der Waals surface area contributed by atoms with E-state index in [9.17, 15) is 4.79 Å². The predicted molar refractivity (Wildman–Crippen MR) is 78.3 cm³/mol. The first-order valence-corrected chi connectivity index (χ1v) is 8.26. The Labute approximate surface area is 119 Å². The third kappa shape index (κ3) is 3.37. The SMILES string of the molecule is O=C(CN1CCc2sccc2C1)NC1CCCCC1. The molecule has 1 aliphatic heterocycles. The van der Waals surface area contributed by atoms with E-state index in [2.05, 4.69) is 21.7 Å². The van der Waals surface area contributed by atoms with Crippen LogP contribution in [-0.4, -0.2) is 29.9 Å². The van der Waals surface area contributed by atoms with E-state index in [1.807, 2.05) is 11.3 Å². The summed E-state index contributed by atoms with van der Waals surface area (Å²) < 4.78 is 0. The Hall–Kier alpha value is -0.870. The fourth-order valence-corrected chi connectivity index (χ4v) is 4.05. The van der Waals surface area contributed by atoms with Gasteiger partial charge >= 0.3 is 0 Å². The molecule has 0 unspecified atom stereocenters. The van der Waals surface area contributed by atoms with Gasteiger partial charge in [-0.3, -0.25) is 9.69 Å². The van der Waals surface area contributed by atoms with Gasteiger partial charge in [0.15, 0.2) is 0 Å². The Bertz CT molecular complexity index is 437. The first-order valence-electron chi connectivity index (χ1n) is 7.38. The van der Waals surface area contributed by atoms with Crippen LogP contribution in [0.3, 0.4) is 0 Å². The summed E-state index contributed by atoms with van der Waals surface area (Å²) in [5.74, 6) is 0.213. The minimum atomic E-state index is 0.213. The van der Waals surface area contributed by atoms with E-state index in [-0.39, 0.29) is 5.91 Å². The average Bonchev–Trinajstić information content (AvgIpc) is 2.87. The van der Waals surface area contributed by atoms with Crippen molar-refractivity contribution in [2.45, 2.75) is 51.1 Å². The fraction of sp³-hybridized carbons (Fsp3) is 0.667. The maximum Gasteiger partial charge on any atom is 0.234 e. The van der Waals surface area contributed by atoms with Crippen molar-refractivity contribution in [3.63, 3.8) is 0 Å². The topological polar surface area (TPSA) is 32.3 Å². The first-order chi connectivity index (χ1) is 9.31. The van der Waals surface area contributed by atoms with E-state index in [4.69, 9.17) is 0 Å². The van der Waals surface area contributed by atoms with Crippen molar-refractivity contribution in [3.8, 4) is 0 Å². The third-order valence-corrected chi connectivity index (χ3v) is 5.25. The molecule has 104 valence electrons. The Balaban J connectivity index is 1.47. The molecule has 1 amide bonds. The zero-order chi connectivity index (χ0) is 13.1. The van der Waals surface area contributed by atoms with Crippen molar-refractivity contribution in [2.75, 3.05) is 13.1 Å². The number of amides is 1. The highest BCUT2D eigenvalue weighted by Gasteiger charge is 2.21. The molecule has 1 aliphatic carbocycles. The van der Waals surface area contributed by atoms with Gasteiger partial charge in [0.05, 0.1) is 6.54 Å².